The first-order valence-electron chi connectivity index (χ1n) is 10.0. The van der Waals surface area contributed by atoms with Gasteiger partial charge in [-0.1, -0.05) is 63.3 Å². The molecule has 0 radical (unpaired) electrons. The second-order valence-corrected chi connectivity index (χ2v) is 6.56. The van der Waals surface area contributed by atoms with Gasteiger partial charge in [-0.2, -0.15) is 0 Å². The number of rotatable bonds is 16. The Hall–Kier alpha value is -1.46. The van der Waals surface area contributed by atoms with Gasteiger partial charge in [-0.15, -0.1) is 0 Å². The highest BCUT2D eigenvalue weighted by Gasteiger charge is 2.17. The van der Waals surface area contributed by atoms with E-state index in [1.807, 2.05) is 0 Å². The van der Waals surface area contributed by atoms with E-state index >= 15 is 0 Å². The molecule has 0 saturated carbocycles. The van der Waals surface area contributed by atoms with Crippen LogP contribution in [0.3, 0.4) is 0 Å². The summed E-state index contributed by atoms with van der Waals surface area (Å²) in [7, 11) is 0. The molecule has 0 aromatic carbocycles. The lowest BCUT2D eigenvalue weighted by molar-refractivity contribution is -0.161. The molecule has 0 spiro atoms. The number of esters is 2. The van der Waals surface area contributed by atoms with E-state index in [1.165, 1.54) is 25.7 Å². The van der Waals surface area contributed by atoms with Crippen LogP contribution in [0.5, 0.6) is 0 Å². The van der Waals surface area contributed by atoms with Gasteiger partial charge < -0.3 is 15.6 Å². The van der Waals surface area contributed by atoms with Gasteiger partial charge in [0, 0.05) is 6.42 Å². The summed E-state index contributed by atoms with van der Waals surface area (Å²) in [5.74, 6) is -1.43. The molecule has 0 aliphatic carbocycles. The highest BCUT2D eigenvalue weighted by molar-refractivity contribution is 5.88. The minimum absolute atomic E-state index is 0.217. The van der Waals surface area contributed by atoms with Crippen LogP contribution in [-0.2, 0) is 14.3 Å². The first-order valence-corrected chi connectivity index (χ1v) is 10.0. The lowest BCUT2D eigenvalue weighted by atomic mass is 10.1. The molecule has 0 heterocycles. The van der Waals surface area contributed by atoms with E-state index in [-0.39, 0.29) is 6.42 Å². The second kappa shape index (κ2) is 18.3. The predicted molar refractivity (Wildman–Crippen MR) is 106 cm³/mol. The van der Waals surface area contributed by atoms with Crippen LogP contribution in [0.15, 0.2) is 24.3 Å². The fourth-order valence-corrected chi connectivity index (χ4v) is 2.39. The predicted octanol–water partition coefficient (Wildman–Crippen LogP) is 4.19. The molecule has 1 atom stereocenters. The summed E-state index contributed by atoms with van der Waals surface area (Å²) in [6, 6.07) is -1.14. The monoisotopic (exact) mass is 367 g/mol. The zero-order valence-electron chi connectivity index (χ0n) is 16.3. The summed E-state index contributed by atoms with van der Waals surface area (Å²) < 4.78 is 4.54. The van der Waals surface area contributed by atoms with Crippen molar-refractivity contribution in [3.05, 3.63) is 24.3 Å². The topological polar surface area (TPSA) is 89.6 Å². The van der Waals surface area contributed by atoms with Crippen LogP contribution < -0.4 is 5.73 Å². The van der Waals surface area contributed by atoms with Crippen molar-refractivity contribution in [1.82, 2.24) is 0 Å². The maximum atomic E-state index is 11.4. The molecule has 0 unspecified atom stereocenters. The van der Waals surface area contributed by atoms with Gasteiger partial charge in [-0.25, -0.2) is 4.79 Å². The van der Waals surface area contributed by atoms with Crippen molar-refractivity contribution < 1.29 is 19.4 Å². The Morgan fingerprint density at radius 3 is 2.12 bits per heavy atom. The molecule has 5 nitrogen and oxygen atoms in total. The molecule has 0 aliphatic rings. The lowest BCUT2D eigenvalue weighted by Crippen LogP contribution is -2.36. The van der Waals surface area contributed by atoms with E-state index in [1.54, 1.807) is 0 Å². The zero-order valence-corrected chi connectivity index (χ0v) is 16.3. The average molecular weight is 368 g/mol. The first-order chi connectivity index (χ1) is 12.6. The third-order valence-electron chi connectivity index (χ3n) is 4.05. The normalized spacial score (nSPS) is 12.7. The smallest absolute Gasteiger partial charge is 0.332 e. The number of nitrogens with two attached hydrogens (primary N) is 1. The number of carbonyl (C=O) groups excluding carboxylic acids is 2. The van der Waals surface area contributed by atoms with Crippen molar-refractivity contribution in [3.63, 3.8) is 0 Å². The van der Waals surface area contributed by atoms with Crippen molar-refractivity contribution in [1.29, 1.82) is 0 Å². The standard InChI is InChI=1S/C21H37NO4/c1-2-3-4-5-6-7-8-9-10-11-12-13-14-15-16-17-20(24)26-21(25)19(22)18-23/h6-7,9-10,19,23H,2-5,8,11-18,22H2,1H3/b7-6-,10-9-/t19-/m0/s1. The Morgan fingerprint density at radius 1 is 0.923 bits per heavy atom. The number of carbonyl (C=O) groups is 2. The highest BCUT2D eigenvalue weighted by atomic mass is 16.6. The SMILES string of the molecule is CCCCC/C=C\C/C=C\CCCCCCCC(=O)OC(=O)[C@@H](N)CO. The molecule has 150 valence electrons. The van der Waals surface area contributed by atoms with Gasteiger partial charge in [0.1, 0.15) is 6.04 Å². The van der Waals surface area contributed by atoms with Gasteiger partial charge in [-0.05, 0) is 38.5 Å². The molecule has 5 heteroatoms. The van der Waals surface area contributed by atoms with Gasteiger partial charge >= 0.3 is 11.9 Å². The average Bonchev–Trinajstić information content (AvgIpc) is 2.64. The molecule has 3 N–H and O–H groups in total. The molecule has 0 bridgehead atoms. The highest BCUT2D eigenvalue weighted by Crippen LogP contribution is 2.09. The number of aliphatic hydroxyl groups is 1. The number of hydrogen-bond acceptors (Lipinski definition) is 5. The molecule has 0 fully saturated rings. The van der Waals surface area contributed by atoms with Crippen LogP contribution >= 0.6 is 0 Å². The third-order valence-corrected chi connectivity index (χ3v) is 4.05. The van der Waals surface area contributed by atoms with Crippen LogP contribution in [-0.4, -0.2) is 29.7 Å². The van der Waals surface area contributed by atoms with Crippen molar-refractivity contribution in [3.8, 4) is 0 Å². The molecule has 0 rings (SSSR count). The second-order valence-electron chi connectivity index (χ2n) is 6.56. The summed E-state index contributed by atoms with van der Waals surface area (Å²) in [5, 5.41) is 8.69. The van der Waals surface area contributed by atoms with Gasteiger partial charge in [0.2, 0.25) is 0 Å². The van der Waals surface area contributed by atoms with Gasteiger partial charge in [0.15, 0.2) is 0 Å². The van der Waals surface area contributed by atoms with Crippen molar-refractivity contribution >= 4 is 11.9 Å². The minimum Gasteiger partial charge on any atom is -0.394 e. The molecule has 26 heavy (non-hydrogen) atoms. The molecule has 0 aromatic heterocycles. The van der Waals surface area contributed by atoms with E-state index in [0.717, 1.165) is 38.5 Å². The summed E-state index contributed by atoms with van der Waals surface area (Å²) in [6.07, 6.45) is 21.4. The largest absolute Gasteiger partial charge is 0.394 e. The fourth-order valence-electron chi connectivity index (χ4n) is 2.39. The fraction of sp³-hybridized carbons (Fsp3) is 0.714. The van der Waals surface area contributed by atoms with E-state index in [4.69, 9.17) is 10.8 Å². The van der Waals surface area contributed by atoms with E-state index < -0.39 is 24.6 Å². The maximum Gasteiger partial charge on any atom is 0.332 e. The number of allylic oxidation sites excluding steroid dienone is 4. The van der Waals surface area contributed by atoms with E-state index in [2.05, 4.69) is 36.0 Å². The molecule has 0 aliphatic heterocycles. The molecular weight excluding hydrogens is 330 g/mol. The van der Waals surface area contributed by atoms with Crippen molar-refractivity contribution in [2.45, 2.75) is 90.0 Å². The molecule has 0 aromatic rings. The molecule has 0 saturated heterocycles. The number of ether oxygens (including phenoxy) is 1. The first kappa shape index (κ1) is 24.5. The van der Waals surface area contributed by atoms with Gasteiger partial charge in [0.25, 0.3) is 0 Å². The summed E-state index contributed by atoms with van der Waals surface area (Å²) >= 11 is 0. The Labute approximate surface area is 158 Å². The van der Waals surface area contributed by atoms with E-state index in [9.17, 15) is 9.59 Å². The summed E-state index contributed by atoms with van der Waals surface area (Å²) in [4.78, 5) is 22.6. The summed E-state index contributed by atoms with van der Waals surface area (Å²) in [6.45, 7) is 1.70. The summed E-state index contributed by atoms with van der Waals surface area (Å²) in [5.41, 5.74) is 5.26. The minimum atomic E-state index is -1.14. The van der Waals surface area contributed by atoms with Crippen LogP contribution in [0.4, 0.5) is 0 Å². The Balaban J connectivity index is 3.41. The van der Waals surface area contributed by atoms with E-state index in [0.29, 0.717) is 6.42 Å². The Kier molecular flexibility index (Phi) is 17.3. The van der Waals surface area contributed by atoms with Crippen LogP contribution in [0.25, 0.3) is 0 Å². The number of unbranched alkanes of at least 4 members (excludes halogenated alkanes) is 8. The van der Waals surface area contributed by atoms with Crippen molar-refractivity contribution in [2.24, 2.45) is 5.73 Å². The lowest BCUT2D eigenvalue weighted by Gasteiger charge is -2.07. The van der Waals surface area contributed by atoms with Gasteiger partial charge in [-0.3, -0.25) is 4.79 Å². The van der Waals surface area contributed by atoms with Gasteiger partial charge in [0.05, 0.1) is 6.61 Å². The van der Waals surface area contributed by atoms with Crippen LogP contribution in [0.1, 0.15) is 84.0 Å². The Morgan fingerprint density at radius 2 is 1.50 bits per heavy atom. The number of hydrogen-bond donors (Lipinski definition) is 2. The molecule has 0 amide bonds. The number of aliphatic hydroxyl groups excluding tert-OH is 1. The van der Waals surface area contributed by atoms with Crippen LogP contribution in [0.2, 0.25) is 0 Å². The zero-order chi connectivity index (χ0) is 19.5. The van der Waals surface area contributed by atoms with Crippen LogP contribution in [0, 0.1) is 0 Å². The third kappa shape index (κ3) is 16.0. The molecular formula is C21H37NO4. The quantitative estimate of drug-likeness (QED) is 0.185. The maximum absolute atomic E-state index is 11.4. The van der Waals surface area contributed by atoms with Crippen molar-refractivity contribution in [2.75, 3.05) is 6.61 Å². The Bertz CT molecular complexity index is 418.